The van der Waals surface area contributed by atoms with Crippen LogP contribution in [0.1, 0.15) is 28.3 Å². The van der Waals surface area contributed by atoms with Crippen molar-refractivity contribution >= 4 is 28.6 Å². The van der Waals surface area contributed by atoms with Crippen molar-refractivity contribution in [3.63, 3.8) is 0 Å². The first-order valence-corrected chi connectivity index (χ1v) is 9.36. The second-order valence-electron chi connectivity index (χ2n) is 5.70. The van der Waals surface area contributed by atoms with Crippen molar-refractivity contribution in [2.24, 2.45) is 0 Å². The molecule has 23 heavy (non-hydrogen) atoms. The highest BCUT2D eigenvalue weighted by atomic mass is 32.1. The minimum absolute atomic E-state index is 0.00346. The molecule has 0 N–H and O–H groups in total. The summed E-state index contributed by atoms with van der Waals surface area (Å²) in [4.78, 5) is 24.3. The number of carbonyl (C=O) groups excluding carboxylic acids is 1. The zero-order valence-corrected chi connectivity index (χ0v) is 14.4. The van der Waals surface area contributed by atoms with Gasteiger partial charge >= 0.3 is 0 Å². The van der Waals surface area contributed by atoms with Crippen LogP contribution in [0.5, 0.6) is 0 Å². The summed E-state index contributed by atoms with van der Waals surface area (Å²) in [5.41, 5.74) is 3.60. The average Bonchev–Trinajstić information content (AvgIpc) is 3.28. The molecule has 0 saturated carbocycles. The van der Waals surface area contributed by atoms with E-state index in [0.717, 1.165) is 29.1 Å². The third kappa shape index (κ3) is 2.80. The van der Waals surface area contributed by atoms with Gasteiger partial charge < -0.3 is 14.4 Å². The van der Waals surface area contributed by atoms with E-state index in [4.69, 9.17) is 9.47 Å². The van der Waals surface area contributed by atoms with Gasteiger partial charge in [0.15, 0.2) is 10.8 Å². The van der Waals surface area contributed by atoms with Gasteiger partial charge in [-0.15, -0.1) is 22.7 Å². The Bertz CT molecular complexity index is 711. The molecule has 2 aromatic rings. The van der Waals surface area contributed by atoms with E-state index in [1.807, 2.05) is 17.2 Å². The van der Waals surface area contributed by atoms with Crippen LogP contribution in [0.2, 0.25) is 0 Å². The molecule has 2 aliphatic heterocycles. The molecular weight excluding hydrogens is 334 g/mol. The summed E-state index contributed by atoms with van der Waals surface area (Å²) in [6.45, 7) is 4.55. The molecule has 2 aromatic heterocycles. The van der Waals surface area contributed by atoms with Gasteiger partial charge in [-0.3, -0.25) is 4.79 Å². The highest BCUT2D eigenvalue weighted by molar-refractivity contribution is 7.15. The number of ether oxygens (including phenoxy) is 2. The van der Waals surface area contributed by atoms with Gasteiger partial charge in [0, 0.05) is 31.3 Å². The van der Waals surface area contributed by atoms with Crippen molar-refractivity contribution in [2.45, 2.75) is 25.6 Å². The zero-order chi connectivity index (χ0) is 15.9. The smallest absolute Gasteiger partial charge is 0.282 e. The largest absolute Gasteiger partial charge is 0.347 e. The maximum absolute atomic E-state index is 12.7. The van der Waals surface area contributed by atoms with Crippen molar-refractivity contribution in [1.29, 1.82) is 0 Å². The van der Waals surface area contributed by atoms with Crippen LogP contribution in [0.25, 0.3) is 10.6 Å². The molecule has 0 radical (unpaired) electrons. The first kappa shape index (κ1) is 15.2. The molecule has 0 bridgehead atoms. The lowest BCUT2D eigenvalue weighted by Gasteiger charge is -2.37. The number of carbonyl (C=O) groups is 1. The summed E-state index contributed by atoms with van der Waals surface area (Å²) in [5.74, 6) is -0.457. The quantitative estimate of drug-likeness (QED) is 0.832. The standard InChI is InChI=1S/C15H17N3O3S2/c1-10-12(23-9-16-10)11-8-22-13(17-11)14(19)18-4-2-15(3-5-18)20-6-7-21-15/h8-9H,2-7H2,1H3. The van der Waals surface area contributed by atoms with Gasteiger partial charge in [0.05, 0.1) is 35.0 Å². The average molecular weight is 351 g/mol. The van der Waals surface area contributed by atoms with E-state index in [-0.39, 0.29) is 5.91 Å². The Balaban J connectivity index is 1.46. The summed E-state index contributed by atoms with van der Waals surface area (Å²) in [5, 5.41) is 2.47. The van der Waals surface area contributed by atoms with Crippen molar-refractivity contribution < 1.29 is 14.3 Å². The molecule has 122 valence electrons. The van der Waals surface area contributed by atoms with Crippen LogP contribution in [-0.4, -0.2) is 52.9 Å². The number of piperidine rings is 1. The van der Waals surface area contributed by atoms with E-state index in [0.29, 0.717) is 31.3 Å². The Hall–Kier alpha value is -1.35. The Morgan fingerprint density at radius 2 is 2.00 bits per heavy atom. The van der Waals surface area contributed by atoms with Crippen molar-refractivity contribution in [1.82, 2.24) is 14.9 Å². The molecule has 6 nitrogen and oxygen atoms in total. The Morgan fingerprint density at radius 3 is 2.65 bits per heavy atom. The molecule has 4 heterocycles. The molecule has 0 atom stereocenters. The molecule has 0 unspecified atom stereocenters. The molecule has 0 aliphatic carbocycles. The first-order valence-electron chi connectivity index (χ1n) is 7.60. The Labute approximate surface area is 142 Å². The van der Waals surface area contributed by atoms with Crippen LogP contribution in [-0.2, 0) is 9.47 Å². The fourth-order valence-electron chi connectivity index (χ4n) is 3.00. The van der Waals surface area contributed by atoms with Gasteiger partial charge in [-0.2, -0.15) is 0 Å². The summed E-state index contributed by atoms with van der Waals surface area (Å²) >= 11 is 2.95. The number of nitrogens with zero attached hydrogens (tertiary/aromatic N) is 3. The predicted molar refractivity (Wildman–Crippen MR) is 87.7 cm³/mol. The number of likely N-dealkylation sites (tertiary alicyclic amines) is 1. The van der Waals surface area contributed by atoms with Crippen molar-refractivity contribution in [2.75, 3.05) is 26.3 Å². The van der Waals surface area contributed by atoms with Gasteiger partial charge in [0.1, 0.15) is 0 Å². The van der Waals surface area contributed by atoms with Crippen LogP contribution < -0.4 is 0 Å². The fourth-order valence-corrected chi connectivity index (χ4v) is 4.61. The van der Waals surface area contributed by atoms with Crippen LogP contribution in [0.4, 0.5) is 0 Å². The Kier molecular flexibility index (Phi) is 3.92. The molecule has 2 saturated heterocycles. The van der Waals surface area contributed by atoms with Gasteiger partial charge in [-0.05, 0) is 6.92 Å². The second kappa shape index (κ2) is 5.94. The first-order chi connectivity index (χ1) is 11.2. The summed E-state index contributed by atoms with van der Waals surface area (Å²) < 4.78 is 11.4. The Morgan fingerprint density at radius 1 is 1.26 bits per heavy atom. The van der Waals surface area contributed by atoms with E-state index in [2.05, 4.69) is 9.97 Å². The summed E-state index contributed by atoms with van der Waals surface area (Å²) in [6, 6.07) is 0. The molecule has 1 spiro atoms. The monoisotopic (exact) mass is 351 g/mol. The number of amides is 1. The second-order valence-corrected chi connectivity index (χ2v) is 7.42. The van der Waals surface area contributed by atoms with Gasteiger partial charge in [-0.1, -0.05) is 0 Å². The summed E-state index contributed by atoms with van der Waals surface area (Å²) in [6.07, 6.45) is 1.45. The molecule has 2 aliphatic rings. The highest BCUT2D eigenvalue weighted by Crippen LogP contribution is 2.33. The molecule has 0 aromatic carbocycles. The number of rotatable bonds is 2. The van der Waals surface area contributed by atoms with E-state index in [9.17, 15) is 4.79 Å². The maximum atomic E-state index is 12.7. The van der Waals surface area contributed by atoms with Crippen molar-refractivity contribution in [3.05, 3.63) is 21.6 Å². The van der Waals surface area contributed by atoms with Crippen LogP contribution in [0.3, 0.4) is 0 Å². The van der Waals surface area contributed by atoms with E-state index >= 15 is 0 Å². The summed E-state index contributed by atoms with van der Waals surface area (Å²) in [7, 11) is 0. The minimum atomic E-state index is -0.454. The third-order valence-corrected chi connectivity index (χ3v) is 6.07. The molecule has 4 rings (SSSR count). The molecule has 8 heteroatoms. The predicted octanol–water partition coefficient (Wildman–Crippen LogP) is 2.55. The number of hydrogen-bond donors (Lipinski definition) is 0. The normalized spacial score (nSPS) is 20.3. The van der Waals surface area contributed by atoms with Crippen LogP contribution >= 0.6 is 22.7 Å². The number of aromatic nitrogens is 2. The van der Waals surface area contributed by atoms with Crippen LogP contribution in [0, 0.1) is 6.92 Å². The number of hydrogen-bond acceptors (Lipinski definition) is 7. The highest BCUT2D eigenvalue weighted by Gasteiger charge is 2.41. The zero-order valence-electron chi connectivity index (χ0n) is 12.8. The molecule has 2 fully saturated rings. The lowest BCUT2D eigenvalue weighted by atomic mass is 10.0. The van der Waals surface area contributed by atoms with E-state index in [1.54, 1.807) is 16.8 Å². The lowest BCUT2D eigenvalue weighted by Crippen LogP contribution is -2.47. The SMILES string of the molecule is Cc1ncsc1-c1csc(C(=O)N2CCC3(CC2)OCCO3)n1. The fraction of sp³-hybridized carbons (Fsp3) is 0.533. The van der Waals surface area contributed by atoms with E-state index in [1.165, 1.54) is 11.3 Å². The minimum Gasteiger partial charge on any atom is -0.347 e. The molecule has 1 amide bonds. The van der Waals surface area contributed by atoms with Gasteiger partial charge in [0.2, 0.25) is 0 Å². The van der Waals surface area contributed by atoms with Crippen molar-refractivity contribution in [3.8, 4) is 10.6 Å². The maximum Gasteiger partial charge on any atom is 0.282 e. The van der Waals surface area contributed by atoms with Gasteiger partial charge in [0.25, 0.3) is 5.91 Å². The third-order valence-electron chi connectivity index (χ3n) is 4.29. The number of aryl methyl sites for hydroxylation is 1. The van der Waals surface area contributed by atoms with Gasteiger partial charge in [-0.25, -0.2) is 9.97 Å². The number of thiazole rings is 2. The topological polar surface area (TPSA) is 64.6 Å². The lowest BCUT2D eigenvalue weighted by molar-refractivity contribution is -0.181. The molecular formula is C15H17N3O3S2. The van der Waals surface area contributed by atoms with E-state index < -0.39 is 5.79 Å². The van der Waals surface area contributed by atoms with Crippen LogP contribution in [0.15, 0.2) is 10.9 Å².